The number of halogens is 1. The lowest BCUT2D eigenvalue weighted by atomic mass is 9.33. The molecule has 1 N–H and O–H groups in total. The Hall–Kier alpha value is -2.93. The molecule has 0 heterocycles. The Kier molecular flexibility index (Phi) is 10.9. The van der Waals surface area contributed by atoms with Crippen LogP contribution >= 0.6 is 11.6 Å². The molecule has 0 saturated heterocycles. The van der Waals surface area contributed by atoms with E-state index in [9.17, 15) is 19.2 Å². The number of carbonyl (C=O) groups is 4. The molecule has 0 aromatic heterocycles. The second-order valence-corrected chi connectivity index (χ2v) is 23.6. The van der Waals surface area contributed by atoms with Gasteiger partial charge in [-0.05, 0) is 174 Å². The third kappa shape index (κ3) is 7.37. The van der Waals surface area contributed by atoms with E-state index in [1.807, 2.05) is 45.0 Å². The molecule has 1 amide bonds. The minimum Gasteiger partial charge on any atom is -0.462 e. The van der Waals surface area contributed by atoms with Gasteiger partial charge in [-0.15, -0.1) is 0 Å². The average molecular weight is 831 g/mol. The first kappa shape index (κ1) is 44.1. The lowest BCUT2D eigenvalue weighted by Gasteiger charge is -2.72. The minimum absolute atomic E-state index is 0.00303. The van der Waals surface area contributed by atoms with Crippen molar-refractivity contribution in [1.82, 2.24) is 5.32 Å². The molecule has 7 nitrogen and oxygen atoms in total. The number of carbonyl (C=O) groups excluding carboxylic acids is 4. The van der Waals surface area contributed by atoms with Gasteiger partial charge in [0.15, 0.2) is 5.78 Å². The normalized spacial score (nSPS) is 36.0. The highest BCUT2D eigenvalue weighted by molar-refractivity contribution is 6.30. The molecule has 5 saturated carbocycles. The number of ether oxygens (including phenoxy) is 2. The lowest BCUT2D eigenvalue weighted by Crippen LogP contribution is -2.65. The molecule has 0 radical (unpaired) electrons. The fraction of sp³-hybridized carbons (Fsp3) is 0.725. The smallest absolute Gasteiger partial charge is 0.312 e. The maximum atomic E-state index is 14.1. The lowest BCUT2D eigenvalue weighted by molar-refractivity contribution is -0.232. The number of allylic oxidation sites excluding steroid dienone is 3. The number of hydrogen-bond acceptors (Lipinski definition) is 6. The van der Waals surface area contributed by atoms with Crippen LogP contribution in [-0.4, -0.2) is 35.3 Å². The molecular weight excluding hydrogens is 758 g/mol. The molecule has 0 spiro atoms. The Labute approximate surface area is 359 Å². The van der Waals surface area contributed by atoms with Crippen molar-refractivity contribution in [1.29, 1.82) is 0 Å². The van der Waals surface area contributed by atoms with Crippen LogP contribution in [0.1, 0.15) is 166 Å². The fourth-order valence-corrected chi connectivity index (χ4v) is 14.1. The molecular formula is C51H72ClNO6. The van der Waals surface area contributed by atoms with Crippen molar-refractivity contribution in [3.05, 3.63) is 58.1 Å². The first-order valence-electron chi connectivity index (χ1n) is 22.7. The molecule has 1 aromatic rings. The zero-order chi connectivity index (χ0) is 43.4. The number of fused-ring (bicyclic) bond motifs is 7. The Morgan fingerprint density at radius 3 is 2.12 bits per heavy atom. The average Bonchev–Trinajstić information content (AvgIpc) is 3.82. The monoisotopic (exact) mass is 830 g/mol. The Bertz CT molecular complexity index is 1950. The number of amides is 1. The number of nitrogens with one attached hydrogen (secondary N) is 1. The van der Waals surface area contributed by atoms with Crippen molar-refractivity contribution < 1.29 is 28.7 Å². The predicted octanol–water partition coefficient (Wildman–Crippen LogP) is 11.7. The summed E-state index contributed by atoms with van der Waals surface area (Å²) in [6, 6.07) is 7.79. The molecule has 0 bridgehead atoms. The summed E-state index contributed by atoms with van der Waals surface area (Å²) in [4.78, 5) is 54.4. The van der Waals surface area contributed by atoms with Gasteiger partial charge in [0.25, 0.3) is 0 Å². The number of esters is 2. The molecule has 6 aliphatic carbocycles. The largest absolute Gasteiger partial charge is 0.462 e. The standard InChI is InChI=1S/C51H72ClNO6/c1-31(2)41-35(54)29-50(24-21-39(55)53-51(27-28-51)32-13-15-33(52)16-14-32)26-25-48(11)34(42(41)50)17-18-37-47(10)22-20-38(46(8,9)36(47)19-23-49(37,48)12)58-40(56)30-45(6,7)43(57)59-44(3,4)5/h13-16,21,24,31,34,36-38H,17-20,22-23,25-30H2,1-12H3,(H,53,55)/b24-21+/t34-,36+,37-,38+,47+,48-,49-,50+/m1/s1. The van der Waals surface area contributed by atoms with Crippen LogP contribution in [-0.2, 0) is 34.2 Å². The van der Waals surface area contributed by atoms with Gasteiger partial charge in [0, 0.05) is 22.3 Å². The summed E-state index contributed by atoms with van der Waals surface area (Å²) in [6.45, 7) is 25.7. The number of rotatable bonds is 9. The molecule has 7 rings (SSSR count). The number of ketones is 1. The van der Waals surface area contributed by atoms with Crippen molar-refractivity contribution in [2.75, 3.05) is 0 Å². The first-order valence-corrected chi connectivity index (χ1v) is 23.1. The molecule has 8 heteroatoms. The van der Waals surface area contributed by atoms with E-state index in [-0.39, 0.29) is 75.2 Å². The predicted molar refractivity (Wildman–Crippen MR) is 233 cm³/mol. The van der Waals surface area contributed by atoms with Gasteiger partial charge >= 0.3 is 11.9 Å². The van der Waals surface area contributed by atoms with Gasteiger partial charge in [-0.3, -0.25) is 19.2 Å². The molecule has 8 atom stereocenters. The van der Waals surface area contributed by atoms with E-state index >= 15 is 0 Å². The van der Waals surface area contributed by atoms with E-state index in [4.69, 9.17) is 21.1 Å². The van der Waals surface area contributed by atoms with E-state index in [1.165, 1.54) is 5.57 Å². The van der Waals surface area contributed by atoms with E-state index < -0.39 is 16.4 Å². The van der Waals surface area contributed by atoms with E-state index in [2.05, 4.69) is 59.9 Å². The third-order valence-electron chi connectivity index (χ3n) is 17.3. The third-order valence-corrected chi connectivity index (χ3v) is 17.6. The Balaban J connectivity index is 1.11. The van der Waals surface area contributed by atoms with Gasteiger partial charge in [-0.2, -0.15) is 0 Å². The van der Waals surface area contributed by atoms with Crippen LogP contribution in [0.3, 0.4) is 0 Å². The van der Waals surface area contributed by atoms with Crippen molar-refractivity contribution in [2.45, 2.75) is 177 Å². The molecule has 0 aliphatic heterocycles. The number of Topliss-reactive ketones (excluding diaryl/α,β-unsaturated/α-hetero) is 1. The second-order valence-electron chi connectivity index (χ2n) is 23.2. The minimum atomic E-state index is -0.982. The van der Waals surface area contributed by atoms with Crippen LogP contribution in [0.25, 0.3) is 0 Å². The van der Waals surface area contributed by atoms with Crippen molar-refractivity contribution >= 4 is 35.2 Å². The van der Waals surface area contributed by atoms with Crippen molar-refractivity contribution in [3.63, 3.8) is 0 Å². The zero-order valence-electron chi connectivity index (χ0n) is 38.2. The van der Waals surface area contributed by atoms with Crippen molar-refractivity contribution in [3.8, 4) is 0 Å². The molecule has 0 unspecified atom stereocenters. The summed E-state index contributed by atoms with van der Waals surface area (Å²) < 4.78 is 12.0. The summed E-state index contributed by atoms with van der Waals surface area (Å²) in [5.41, 5.74) is 0.944. The van der Waals surface area contributed by atoms with E-state index in [1.54, 1.807) is 19.9 Å². The Morgan fingerprint density at radius 2 is 1.51 bits per heavy atom. The summed E-state index contributed by atoms with van der Waals surface area (Å²) in [6.07, 6.45) is 13.9. The van der Waals surface area contributed by atoms with Crippen LogP contribution in [0.15, 0.2) is 47.6 Å². The van der Waals surface area contributed by atoms with Crippen LogP contribution in [0.4, 0.5) is 0 Å². The summed E-state index contributed by atoms with van der Waals surface area (Å²) in [7, 11) is 0. The topological polar surface area (TPSA) is 98.8 Å². The van der Waals surface area contributed by atoms with Gasteiger partial charge in [-0.25, -0.2) is 0 Å². The van der Waals surface area contributed by atoms with Gasteiger partial charge in [0.05, 0.1) is 17.4 Å². The zero-order valence-corrected chi connectivity index (χ0v) is 38.9. The molecule has 6 aliphatic rings. The molecule has 324 valence electrons. The van der Waals surface area contributed by atoms with Gasteiger partial charge in [0.2, 0.25) is 5.91 Å². The number of benzene rings is 1. The fourth-order valence-electron chi connectivity index (χ4n) is 14.0. The molecule has 1 aromatic carbocycles. The molecule has 59 heavy (non-hydrogen) atoms. The van der Waals surface area contributed by atoms with Crippen molar-refractivity contribution in [2.24, 2.45) is 56.2 Å². The quantitative estimate of drug-likeness (QED) is 0.197. The molecule has 5 fully saturated rings. The highest BCUT2D eigenvalue weighted by Gasteiger charge is 2.70. The Morgan fingerprint density at radius 1 is 0.847 bits per heavy atom. The van der Waals surface area contributed by atoms with Crippen LogP contribution in [0.5, 0.6) is 0 Å². The second kappa shape index (κ2) is 14.6. The van der Waals surface area contributed by atoms with Crippen LogP contribution < -0.4 is 5.32 Å². The maximum absolute atomic E-state index is 14.1. The summed E-state index contributed by atoms with van der Waals surface area (Å²) >= 11 is 6.17. The van der Waals surface area contributed by atoms with E-state index in [0.29, 0.717) is 23.3 Å². The van der Waals surface area contributed by atoms with Gasteiger partial charge in [0.1, 0.15) is 11.7 Å². The van der Waals surface area contributed by atoms with Crippen LogP contribution in [0.2, 0.25) is 5.02 Å². The number of hydrogen-bond donors (Lipinski definition) is 1. The first-order chi connectivity index (χ1) is 27.2. The maximum Gasteiger partial charge on any atom is 0.312 e. The summed E-state index contributed by atoms with van der Waals surface area (Å²) in [5.74, 6) is 0.718. The van der Waals surface area contributed by atoms with Gasteiger partial charge in [-0.1, -0.05) is 78.3 Å². The summed E-state index contributed by atoms with van der Waals surface area (Å²) in [5, 5.41) is 4.01. The SMILES string of the molecule is CC(C)C1=C2[C@H]3CC[C@@H]4[C@@]5(C)CC[C@H](OC(=O)CC(C)(C)C(=O)OC(C)(C)C)C(C)(C)[C@@H]5CC[C@@]4(C)[C@]3(C)CC[C@@]2(/C=C/C(=O)NC2(c3ccc(Cl)cc3)CC2)CC1=O. The highest BCUT2D eigenvalue weighted by Crippen LogP contribution is 2.77. The van der Waals surface area contributed by atoms with E-state index in [0.717, 1.165) is 75.3 Å². The highest BCUT2D eigenvalue weighted by atomic mass is 35.5. The van der Waals surface area contributed by atoms with Crippen LogP contribution in [0, 0.1) is 56.2 Å². The van der Waals surface area contributed by atoms with Gasteiger partial charge < -0.3 is 14.8 Å².